The summed E-state index contributed by atoms with van der Waals surface area (Å²) in [5.41, 5.74) is 1.63. The number of methoxy groups -OCH3 is 1. The second kappa shape index (κ2) is 9.47. The molecule has 0 saturated heterocycles. The lowest BCUT2D eigenvalue weighted by molar-refractivity contribution is -0.153. The first-order valence-electron chi connectivity index (χ1n) is 8.20. The van der Waals surface area contributed by atoms with Crippen molar-refractivity contribution in [3.63, 3.8) is 0 Å². The maximum atomic E-state index is 12.9. The van der Waals surface area contributed by atoms with E-state index in [0.717, 1.165) is 18.2 Å². The lowest BCUT2D eigenvalue weighted by Gasteiger charge is -2.17. The second-order valence-electron chi connectivity index (χ2n) is 5.90. The van der Waals surface area contributed by atoms with Gasteiger partial charge in [0, 0.05) is 13.6 Å². The number of hydrogen-bond acceptors (Lipinski definition) is 5. The van der Waals surface area contributed by atoms with Crippen molar-refractivity contribution in [1.29, 1.82) is 0 Å². The first kappa shape index (κ1) is 20.1. The smallest absolute Gasteiger partial charge is 0.374 e. The minimum absolute atomic E-state index is 0.251. The lowest BCUT2D eigenvalue weighted by Crippen LogP contribution is -2.30. The molecule has 27 heavy (non-hydrogen) atoms. The van der Waals surface area contributed by atoms with Crippen LogP contribution in [0, 0.1) is 5.82 Å². The zero-order chi connectivity index (χ0) is 19.8. The van der Waals surface area contributed by atoms with E-state index in [1.165, 1.54) is 17.0 Å². The van der Waals surface area contributed by atoms with E-state index in [1.807, 2.05) is 6.07 Å². The molecule has 2 rings (SSSR count). The first-order chi connectivity index (χ1) is 12.9. The van der Waals surface area contributed by atoms with Crippen LogP contribution in [0.1, 0.15) is 17.5 Å². The number of ether oxygens (including phenoxy) is 2. The van der Waals surface area contributed by atoms with Gasteiger partial charge in [-0.05, 0) is 35.4 Å². The van der Waals surface area contributed by atoms with E-state index in [1.54, 1.807) is 37.4 Å². The Balaban J connectivity index is 1.92. The fraction of sp³-hybridized carbons (Fsp3) is 0.250. The summed E-state index contributed by atoms with van der Waals surface area (Å²) in [4.78, 5) is 36.0. The number of Topliss-reactive ketones (excluding diaryl/α,β-unsaturated/α-hetero) is 1. The van der Waals surface area contributed by atoms with Crippen LogP contribution < -0.4 is 4.74 Å². The number of esters is 1. The van der Waals surface area contributed by atoms with Crippen LogP contribution in [0.3, 0.4) is 0 Å². The van der Waals surface area contributed by atoms with E-state index in [2.05, 4.69) is 4.74 Å². The minimum atomic E-state index is -1.03. The number of amides is 1. The van der Waals surface area contributed by atoms with E-state index in [0.29, 0.717) is 5.75 Å². The molecule has 0 aromatic heterocycles. The van der Waals surface area contributed by atoms with Crippen LogP contribution in [0.2, 0.25) is 0 Å². The third-order valence-corrected chi connectivity index (χ3v) is 3.79. The third-order valence-electron chi connectivity index (χ3n) is 3.79. The Morgan fingerprint density at radius 1 is 1.04 bits per heavy atom. The number of nitrogens with zero attached hydrogens (tertiary/aromatic N) is 1. The summed E-state index contributed by atoms with van der Waals surface area (Å²) in [5, 5.41) is 0. The molecule has 1 amide bonds. The van der Waals surface area contributed by atoms with E-state index in [9.17, 15) is 18.8 Å². The summed E-state index contributed by atoms with van der Waals surface area (Å²) >= 11 is 0. The summed E-state index contributed by atoms with van der Waals surface area (Å²) in [6.45, 7) is 0.535. The number of rotatable bonds is 8. The first-order valence-corrected chi connectivity index (χ1v) is 8.20. The molecule has 0 aliphatic rings. The van der Waals surface area contributed by atoms with Crippen LogP contribution >= 0.6 is 0 Å². The number of halogens is 1. The Bertz CT molecular complexity index is 819. The normalized spacial score (nSPS) is 10.2. The van der Waals surface area contributed by atoms with Crippen molar-refractivity contribution in [3.8, 4) is 5.75 Å². The zero-order valence-electron chi connectivity index (χ0n) is 15.1. The summed E-state index contributed by atoms with van der Waals surface area (Å²) in [6.07, 6.45) is -0.538. The Morgan fingerprint density at radius 3 is 2.41 bits per heavy atom. The molecule has 142 valence electrons. The van der Waals surface area contributed by atoms with Gasteiger partial charge in [-0.25, -0.2) is 9.18 Å². The van der Waals surface area contributed by atoms with Crippen molar-refractivity contribution in [2.24, 2.45) is 0 Å². The summed E-state index contributed by atoms with van der Waals surface area (Å²) in [5.74, 6) is -2.11. The number of benzene rings is 2. The number of carbonyl (C=O) groups excluding carboxylic acids is 3. The maximum absolute atomic E-state index is 12.9. The molecule has 0 N–H and O–H groups in total. The van der Waals surface area contributed by atoms with Crippen molar-refractivity contribution in [2.75, 3.05) is 14.2 Å². The van der Waals surface area contributed by atoms with Crippen molar-refractivity contribution in [1.82, 2.24) is 4.90 Å². The highest BCUT2D eigenvalue weighted by atomic mass is 19.1. The average molecular weight is 373 g/mol. The predicted molar refractivity (Wildman–Crippen MR) is 95.3 cm³/mol. The lowest BCUT2D eigenvalue weighted by atomic mass is 10.2. The van der Waals surface area contributed by atoms with Crippen LogP contribution in [-0.2, 0) is 32.3 Å². The molecule has 0 aliphatic heterocycles. The highest BCUT2D eigenvalue weighted by Crippen LogP contribution is 2.17. The minimum Gasteiger partial charge on any atom is -0.489 e. The standard InChI is InChI=1S/C20H20FNO5/c1-22(19(24)11-18(23)20(25)26-2)12-15-4-3-5-17(10-15)27-13-14-6-8-16(21)9-7-14/h3-10H,11-13H2,1-2H3. The molecule has 0 spiro atoms. The molecule has 7 heteroatoms. The van der Waals surface area contributed by atoms with Crippen LogP contribution in [0.15, 0.2) is 48.5 Å². The molecule has 0 heterocycles. The Hall–Kier alpha value is -3.22. The maximum Gasteiger partial charge on any atom is 0.374 e. The predicted octanol–water partition coefficient (Wildman–Crippen LogP) is 2.50. The van der Waals surface area contributed by atoms with E-state index in [-0.39, 0.29) is 19.0 Å². The number of ketones is 1. The second-order valence-corrected chi connectivity index (χ2v) is 5.90. The molecule has 0 atom stereocenters. The van der Waals surface area contributed by atoms with E-state index < -0.39 is 24.1 Å². The molecule has 2 aromatic rings. The summed E-state index contributed by atoms with van der Waals surface area (Å²) in [7, 11) is 2.63. The molecule has 0 aliphatic carbocycles. The molecular weight excluding hydrogens is 353 g/mol. The summed E-state index contributed by atoms with van der Waals surface area (Å²) < 4.78 is 22.9. The van der Waals surface area contributed by atoms with E-state index in [4.69, 9.17) is 4.74 Å². The topological polar surface area (TPSA) is 72.9 Å². The Labute approximate surface area is 156 Å². The van der Waals surface area contributed by atoms with Crippen molar-refractivity contribution in [2.45, 2.75) is 19.6 Å². The van der Waals surface area contributed by atoms with Gasteiger partial charge in [0.15, 0.2) is 0 Å². The Kier molecular flexibility index (Phi) is 7.05. The van der Waals surface area contributed by atoms with Gasteiger partial charge in [-0.15, -0.1) is 0 Å². The van der Waals surface area contributed by atoms with Gasteiger partial charge in [0.25, 0.3) is 0 Å². The zero-order valence-corrected chi connectivity index (χ0v) is 15.1. The molecule has 0 radical (unpaired) electrons. The van der Waals surface area contributed by atoms with Gasteiger partial charge in [-0.2, -0.15) is 0 Å². The molecule has 0 bridgehead atoms. The van der Waals surface area contributed by atoms with Crippen molar-refractivity contribution in [3.05, 3.63) is 65.5 Å². The average Bonchev–Trinajstić information content (AvgIpc) is 2.67. The molecule has 0 saturated carbocycles. The van der Waals surface area contributed by atoms with Gasteiger partial charge < -0.3 is 14.4 Å². The largest absolute Gasteiger partial charge is 0.489 e. The quantitative estimate of drug-likeness (QED) is 0.404. The van der Waals surface area contributed by atoms with Gasteiger partial charge >= 0.3 is 5.97 Å². The SMILES string of the molecule is COC(=O)C(=O)CC(=O)N(C)Cc1cccc(OCc2ccc(F)cc2)c1. The molecule has 6 nitrogen and oxygen atoms in total. The fourth-order valence-corrected chi connectivity index (χ4v) is 2.30. The molecule has 0 unspecified atom stereocenters. The van der Waals surface area contributed by atoms with Gasteiger partial charge in [-0.1, -0.05) is 24.3 Å². The third kappa shape index (κ3) is 6.22. The monoisotopic (exact) mass is 373 g/mol. The highest BCUT2D eigenvalue weighted by Gasteiger charge is 2.20. The summed E-state index contributed by atoms with van der Waals surface area (Å²) in [6, 6.07) is 13.2. The van der Waals surface area contributed by atoms with Crippen LogP contribution in [0.5, 0.6) is 5.75 Å². The number of carbonyl (C=O) groups is 3. The Morgan fingerprint density at radius 2 is 1.74 bits per heavy atom. The van der Waals surface area contributed by atoms with Crippen molar-refractivity contribution >= 4 is 17.7 Å². The van der Waals surface area contributed by atoms with Crippen LogP contribution in [-0.4, -0.2) is 36.7 Å². The molecule has 2 aromatic carbocycles. The highest BCUT2D eigenvalue weighted by molar-refractivity contribution is 6.36. The van der Waals surface area contributed by atoms with Crippen LogP contribution in [0.4, 0.5) is 4.39 Å². The molecular formula is C20H20FNO5. The van der Waals surface area contributed by atoms with Crippen molar-refractivity contribution < 1.29 is 28.2 Å². The van der Waals surface area contributed by atoms with Gasteiger partial charge in [0.05, 0.1) is 13.5 Å². The van der Waals surface area contributed by atoms with E-state index >= 15 is 0 Å². The fourth-order valence-electron chi connectivity index (χ4n) is 2.30. The number of hydrogen-bond donors (Lipinski definition) is 0. The van der Waals surface area contributed by atoms with Gasteiger partial charge in [-0.3, -0.25) is 9.59 Å². The molecule has 0 fully saturated rings. The van der Waals surface area contributed by atoms with Gasteiger partial charge in [0.1, 0.15) is 18.2 Å². The van der Waals surface area contributed by atoms with Gasteiger partial charge in [0.2, 0.25) is 11.7 Å². The van der Waals surface area contributed by atoms with Crippen LogP contribution in [0.25, 0.3) is 0 Å².